The van der Waals surface area contributed by atoms with Gasteiger partial charge in [-0.15, -0.1) is 0 Å². The molecule has 8 heteroatoms. The lowest BCUT2D eigenvalue weighted by molar-refractivity contribution is -0.122. The van der Waals surface area contributed by atoms with Crippen LogP contribution in [0.25, 0.3) is 0 Å². The van der Waals surface area contributed by atoms with Gasteiger partial charge in [0.1, 0.15) is 12.4 Å². The van der Waals surface area contributed by atoms with E-state index < -0.39 is 11.2 Å². The van der Waals surface area contributed by atoms with Crippen molar-refractivity contribution in [2.75, 3.05) is 0 Å². The lowest BCUT2D eigenvalue weighted by atomic mass is 10.3. The number of nitrogens with zero attached hydrogens (tertiary/aromatic N) is 2. The van der Waals surface area contributed by atoms with Gasteiger partial charge >= 0.3 is 5.69 Å². The average Bonchev–Trinajstić information content (AvgIpc) is 2.82. The number of hydrogen-bond donors (Lipinski definition) is 3. The van der Waals surface area contributed by atoms with Crippen LogP contribution in [-0.4, -0.2) is 25.4 Å². The van der Waals surface area contributed by atoms with Crippen molar-refractivity contribution >= 4 is 5.91 Å². The van der Waals surface area contributed by atoms with Gasteiger partial charge in [-0.05, 0) is 20.8 Å². The maximum atomic E-state index is 11.9. The van der Waals surface area contributed by atoms with Gasteiger partial charge < -0.3 is 10.3 Å². The molecular formula is C13H17N5O3. The van der Waals surface area contributed by atoms with Crippen LogP contribution in [0.3, 0.4) is 0 Å². The Balaban J connectivity index is 2.07. The van der Waals surface area contributed by atoms with Crippen LogP contribution in [0.1, 0.15) is 30.0 Å². The third-order valence-electron chi connectivity index (χ3n) is 3.01. The molecule has 21 heavy (non-hydrogen) atoms. The molecule has 0 fully saturated rings. The number of aromatic amines is 2. The minimum atomic E-state index is -0.609. The molecule has 0 saturated heterocycles. The standard InChI is InChI=1S/C13H17N5O3/c1-7-5-18(13(21)17-12(7)20)6-10(19)16-9(3)11-14-4-8(2)15-11/h4-5,9H,6H2,1-3H3,(H,14,15)(H,16,19)(H,17,20,21)/t9-/m1/s1. The number of amides is 1. The van der Waals surface area contributed by atoms with E-state index in [2.05, 4.69) is 20.3 Å². The Morgan fingerprint density at radius 2 is 2.10 bits per heavy atom. The van der Waals surface area contributed by atoms with E-state index in [1.54, 1.807) is 20.0 Å². The molecule has 0 aliphatic heterocycles. The van der Waals surface area contributed by atoms with Gasteiger partial charge in [0.2, 0.25) is 5.91 Å². The minimum absolute atomic E-state index is 0.166. The molecular weight excluding hydrogens is 274 g/mol. The first-order chi connectivity index (χ1) is 9.86. The van der Waals surface area contributed by atoms with E-state index in [1.165, 1.54) is 6.20 Å². The number of imidazole rings is 1. The summed E-state index contributed by atoms with van der Waals surface area (Å²) in [4.78, 5) is 44.1. The zero-order valence-electron chi connectivity index (χ0n) is 12.1. The van der Waals surface area contributed by atoms with Crippen molar-refractivity contribution in [3.63, 3.8) is 0 Å². The molecule has 0 spiro atoms. The van der Waals surface area contributed by atoms with Crippen molar-refractivity contribution in [3.8, 4) is 0 Å². The van der Waals surface area contributed by atoms with Gasteiger partial charge in [0, 0.05) is 23.7 Å². The fraction of sp³-hybridized carbons (Fsp3) is 0.385. The number of carbonyl (C=O) groups excluding carboxylic acids is 1. The Hall–Kier alpha value is -2.64. The summed E-state index contributed by atoms with van der Waals surface area (Å²) in [6.45, 7) is 5.06. The summed E-state index contributed by atoms with van der Waals surface area (Å²) in [6.07, 6.45) is 3.04. The second-order valence-corrected chi connectivity index (χ2v) is 4.94. The number of carbonyl (C=O) groups is 1. The molecule has 1 atom stereocenters. The molecule has 1 amide bonds. The van der Waals surface area contributed by atoms with E-state index in [1.807, 2.05) is 6.92 Å². The van der Waals surface area contributed by atoms with Crippen molar-refractivity contribution in [2.45, 2.75) is 33.4 Å². The number of hydrogen-bond acceptors (Lipinski definition) is 4. The zero-order chi connectivity index (χ0) is 15.6. The molecule has 112 valence electrons. The maximum Gasteiger partial charge on any atom is 0.328 e. The van der Waals surface area contributed by atoms with Crippen molar-refractivity contribution in [1.82, 2.24) is 24.8 Å². The fourth-order valence-corrected chi connectivity index (χ4v) is 1.90. The zero-order valence-corrected chi connectivity index (χ0v) is 12.1. The van der Waals surface area contributed by atoms with Crippen molar-refractivity contribution in [3.05, 3.63) is 50.3 Å². The van der Waals surface area contributed by atoms with E-state index in [0.29, 0.717) is 11.4 Å². The SMILES string of the molecule is Cc1cnc([C@@H](C)NC(=O)Cn2cc(C)c(=O)[nH]c2=O)[nH]1. The molecule has 0 aromatic carbocycles. The second-order valence-electron chi connectivity index (χ2n) is 4.94. The van der Waals surface area contributed by atoms with Gasteiger partial charge in [-0.3, -0.25) is 19.1 Å². The largest absolute Gasteiger partial charge is 0.345 e. The lowest BCUT2D eigenvalue weighted by Gasteiger charge is -2.12. The molecule has 0 bridgehead atoms. The number of H-pyrrole nitrogens is 2. The Bertz CT molecular complexity index is 771. The first-order valence-electron chi connectivity index (χ1n) is 6.48. The molecule has 0 unspecified atom stereocenters. The third-order valence-corrected chi connectivity index (χ3v) is 3.01. The summed E-state index contributed by atoms with van der Waals surface area (Å²) in [7, 11) is 0. The van der Waals surface area contributed by atoms with Crippen LogP contribution in [0, 0.1) is 13.8 Å². The second kappa shape index (κ2) is 5.78. The summed E-state index contributed by atoms with van der Waals surface area (Å²) in [5.74, 6) is 0.302. The summed E-state index contributed by atoms with van der Waals surface area (Å²) in [6, 6.07) is -0.300. The predicted octanol–water partition coefficient (Wildman–Crippen LogP) is -0.246. The Labute approximate surface area is 120 Å². The molecule has 0 aliphatic rings. The smallest absolute Gasteiger partial charge is 0.328 e. The Morgan fingerprint density at radius 3 is 2.71 bits per heavy atom. The first-order valence-corrected chi connectivity index (χ1v) is 6.48. The van der Waals surface area contributed by atoms with Crippen LogP contribution < -0.4 is 16.6 Å². The fourth-order valence-electron chi connectivity index (χ4n) is 1.90. The average molecular weight is 291 g/mol. The molecule has 2 heterocycles. The topological polar surface area (TPSA) is 113 Å². The summed E-state index contributed by atoms with van der Waals surface area (Å²) >= 11 is 0. The summed E-state index contributed by atoms with van der Waals surface area (Å²) in [5, 5.41) is 2.73. The first kappa shape index (κ1) is 14.8. The minimum Gasteiger partial charge on any atom is -0.345 e. The van der Waals surface area contributed by atoms with Gasteiger partial charge in [-0.25, -0.2) is 9.78 Å². The predicted molar refractivity (Wildman–Crippen MR) is 75.9 cm³/mol. The monoisotopic (exact) mass is 291 g/mol. The molecule has 0 radical (unpaired) electrons. The highest BCUT2D eigenvalue weighted by Crippen LogP contribution is 2.07. The lowest BCUT2D eigenvalue weighted by Crippen LogP contribution is -2.37. The van der Waals surface area contributed by atoms with Gasteiger partial charge in [0.15, 0.2) is 0 Å². The highest BCUT2D eigenvalue weighted by Gasteiger charge is 2.13. The Kier molecular flexibility index (Phi) is 4.06. The van der Waals surface area contributed by atoms with E-state index in [9.17, 15) is 14.4 Å². The van der Waals surface area contributed by atoms with E-state index in [0.717, 1.165) is 10.3 Å². The number of nitrogens with one attached hydrogen (secondary N) is 3. The van der Waals surface area contributed by atoms with Crippen LogP contribution in [0.15, 0.2) is 22.0 Å². The van der Waals surface area contributed by atoms with E-state index >= 15 is 0 Å². The van der Waals surface area contributed by atoms with Crippen LogP contribution in [-0.2, 0) is 11.3 Å². The van der Waals surface area contributed by atoms with E-state index in [-0.39, 0.29) is 18.5 Å². The molecule has 0 aliphatic carbocycles. The highest BCUT2D eigenvalue weighted by atomic mass is 16.2. The van der Waals surface area contributed by atoms with Crippen LogP contribution >= 0.6 is 0 Å². The highest BCUT2D eigenvalue weighted by molar-refractivity contribution is 5.76. The van der Waals surface area contributed by atoms with Crippen LogP contribution in [0.2, 0.25) is 0 Å². The van der Waals surface area contributed by atoms with Gasteiger partial charge in [-0.1, -0.05) is 0 Å². The quantitative estimate of drug-likeness (QED) is 0.721. The Morgan fingerprint density at radius 1 is 1.38 bits per heavy atom. The van der Waals surface area contributed by atoms with Gasteiger partial charge in [0.25, 0.3) is 5.56 Å². The van der Waals surface area contributed by atoms with Crippen molar-refractivity contribution in [2.24, 2.45) is 0 Å². The van der Waals surface area contributed by atoms with Crippen molar-refractivity contribution < 1.29 is 4.79 Å². The van der Waals surface area contributed by atoms with Gasteiger partial charge in [0.05, 0.1) is 6.04 Å². The molecule has 3 N–H and O–H groups in total. The summed E-state index contributed by atoms with van der Waals surface area (Å²) < 4.78 is 1.16. The summed E-state index contributed by atoms with van der Waals surface area (Å²) in [5.41, 5.74) is 0.217. The number of rotatable bonds is 4. The van der Waals surface area contributed by atoms with Gasteiger partial charge in [-0.2, -0.15) is 0 Å². The molecule has 2 aromatic heterocycles. The molecule has 2 aromatic rings. The molecule has 2 rings (SSSR count). The number of aromatic nitrogens is 4. The normalized spacial score (nSPS) is 12.1. The van der Waals surface area contributed by atoms with E-state index in [4.69, 9.17) is 0 Å². The van der Waals surface area contributed by atoms with Crippen molar-refractivity contribution in [1.29, 1.82) is 0 Å². The maximum absolute atomic E-state index is 11.9. The van der Waals surface area contributed by atoms with Crippen LogP contribution in [0.5, 0.6) is 0 Å². The number of aryl methyl sites for hydroxylation is 2. The molecule has 8 nitrogen and oxygen atoms in total. The molecule has 0 saturated carbocycles. The van der Waals surface area contributed by atoms with Crippen LogP contribution in [0.4, 0.5) is 0 Å². The third kappa shape index (κ3) is 3.47.